The van der Waals surface area contributed by atoms with Gasteiger partial charge in [-0.2, -0.15) is 0 Å². The zero-order valence-corrected chi connectivity index (χ0v) is 15.7. The third-order valence-electron chi connectivity index (χ3n) is 3.63. The van der Waals surface area contributed by atoms with Crippen molar-refractivity contribution in [3.63, 3.8) is 0 Å². The molecular weight excluding hydrogens is 362 g/mol. The van der Waals surface area contributed by atoms with Gasteiger partial charge >= 0.3 is 6.03 Å². The molecule has 1 unspecified atom stereocenters. The Labute approximate surface area is 161 Å². The van der Waals surface area contributed by atoms with Gasteiger partial charge in [0, 0.05) is 30.0 Å². The van der Waals surface area contributed by atoms with Crippen LogP contribution in [0.2, 0.25) is 0 Å². The smallest absolute Gasteiger partial charge is 0.312 e. The van der Waals surface area contributed by atoms with Gasteiger partial charge in [-0.1, -0.05) is 5.16 Å². The van der Waals surface area contributed by atoms with Gasteiger partial charge in [-0.15, -0.1) is 0 Å². The Kier molecular flexibility index (Phi) is 5.73. The average molecular weight is 383 g/mol. The highest BCUT2D eigenvalue weighted by molar-refractivity contribution is 5.72. The lowest BCUT2D eigenvalue weighted by atomic mass is 10.1. The maximum absolute atomic E-state index is 10.9. The van der Waals surface area contributed by atoms with E-state index in [4.69, 9.17) is 19.7 Å². The highest BCUT2D eigenvalue weighted by Gasteiger charge is 2.14. The molecule has 146 valence electrons. The van der Waals surface area contributed by atoms with Crippen LogP contribution < -0.4 is 20.5 Å². The molecule has 0 fully saturated rings. The number of carbonyl (C=O) groups excluding carboxylic acids is 1. The number of carbonyl (C=O) groups is 1. The zero-order chi connectivity index (χ0) is 20.1. The van der Waals surface area contributed by atoms with Gasteiger partial charge in [0.25, 0.3) is 0 Å². The van der Waals surface area contributed by atoms with Crippen molar-refractivity contribution in [3.05, 3.63) is 48.5 Å². The Morgan fingerprint density at radius 2 is 1.86 bits per heavy atom. The number of nitrogens with two attached hydrogens (primary N) is 1. The van der Waals surface area contributed by atoms with Crippen LogP contribution in [0.4, 0.5) is 4.79 Å². The summed E-state index contributed by atoms with van der Waals surface area (Å²) in [5, 5.41) is 6.52. The van der Waals surface area contributed by atoms with Gasteiger partial charge in [0.05, 0.1) is 18.3 Å². The topological polar surface area (TPSA) is 125 Å². The van der Waals surface area contributed by atoms with Crippen LogP contribution in [0, 0.1) is 0 Å². The monoisotopic (exact) mass is 383 g/mol. The number of rotatable bonds is 7. The second-order valence-corrected chi connectivity index (χ2v) is 6.33. The second-order valence-electron chi connectivity index (χ2n) is 6.33. The van der Waals surface area contributed by atoms with Gasteiger partial charge < -0.3 is 25.0 Å². The minimum absolute atomic E-state index is 0.0556. The number of nitrogens with one attached hydrogen (secondary N) is 1. The van der Waals surface area contributed by atoms with Gasteiger partial charge in [-0.3, -0.25) is 0 Å². The summed E-state index contributed by atoms with van der Waals surface area (Å²) < 4.78 is 16.4. The van der Waals surface area contributed by atoms with Crippen LogP contribution >= 0.6 is 0 Å². The molecule has 0 aromatic carbocycles. The summed E-state index contributed by atoms with van der Waals surface area (Å²) in [6.45, 7) is 5.62. The molecule has 0 spiro atoms. The highest BCUT2D eigenvalue weighted by Crippen LogP contribution is 2.25. The van der Waals surface area contributed by atoms with Crippen LogP contribution in [0.1, 0.15) is 32.6 Å². The van der Waals surface area contributed by atoms with E-state index in [0.717, 1.165) is 5.56 Å². The molecule has 0 aliphatic rings. The Morgan fingerprint density at radius 1 is 1.11 bits per heavy atom. The van der Waals surface area contributed by atoms with Gasteiger partial charge in [0.2, 0.25) is 11.8 Å². The van der Waals surface area contributed by atoms with E-state index in [9.17, 15) is 4.79 Å². The molecule has 28 heavy (non-hydrogen) atoms. The van der Waals surface area contributed by atoms with Crippen LogP contribution in [-0.2, 0) is 0 Å². The Bertz CT molecular complexity index is 922. The maximum Gasteiger partial charge on any atom is 0.312 e. The molecule has 2 amide bonds. The summed E-state index contributed by atoms with van der Waals surface area (Å²) in [6, 6.07) is 7.72. The number of urea groups is 1. The molecule has 3 aromatic rings. The maximum atomic E-state index is 10.9. The van der Waals surface area contributed by atoms with Crippen molar-refractivity contribution in [2.75, 3.05) is 0 Å². The van der Waals surface area contributed by atoms with E-state index in [1.165, 1.54) is 0 Å². The summed E-state index contributed by atoms with van der Waals surface area (Å²) in [5.41, 5.74) is 6.44. The first-order valence-electron chi connectivity index (χ1n) is 8.70. The number of nitrogens with zero attached hydrogens (tertiary/aromatic N) is 3. The quantitative estimate of drug-likeness (QED) is 0.640. The zero-order valence-electron chi connectivity index (χ0n) is 15.7. The molecule has 0 saturated carbocycles. The Hall–Kier alpha value is -3.62. The second kappa shape index (κ2) is 8.38. The number of pyridine rings is 2. The molecule has 3 rings (SSSR count). The molecule has 3 heterocycles. The van der Waals surface area contributed by atoms with Crippen LogP contribution in [-0.4, -0.2) is 27.3 Å². The molecule has 0 aliphatic heterocycles. The van der Waals surface area contributed by atoms with Crippen molar-refractivity contribution < 1.29 is 18.8 Å². The van der Waals surface area contributed by atoms with Crippen LogP contribution in [0.25, 0.3) is 11.3 Å². The molecular formula is C19H21N5O4. The van der Waals surface area contributed by atoms with Crippen molar-refractivity contribution >= 4 is 6.03 Å². The number of aromatic nitrogens is 3. The third-order valence-corrected chi connectivity index (χ3v) is 3.63. The van der Waals surface area contributed by atoms with Crippen LogP contribution in [0.5, 0.6) is 17.5 Å². The van der Waals surface area contributed by atoms with Gasteiger partial charge in [-0.05, 0) is 32.9 Å². The number of primary amides is 1. The van der Waals surface area contributed by atoms with Crippen molar-refractivity contribution in [1.82, 2.24) is 20.4 Å². The van der Waals surface area contributed by atoms with Crippen molar-refractivity contribution in [1.29, 1.82) is 0 Å². The van der Waals surface area contributed by atoms with Crippen LogP contribution in [0.3, 0.4) is 0 Å². The lowest BCUT2D eigenvalue weighted by Crippen LogP contribution is -2.31. The van der Waals surface area contributed by atoms with E-state index in [1.807, 2.05) is 13.8 Å². The van der Waals surface area contributed by atoms with Gasteiger partial charge in [-0.25, -0.2) is 14.8 Å². The first kappa shape index (κ1) is 19.2. The minimum atomic E-state index is -0.632. The van der Waals surface area contributed by atoms with Crippen LogP contribution in [0.15, 0.2) is 47.2 Å². The number of hydrogen-bond acceptors (Lipinski definition) is 7. The Balaban J connectivity index is 1.65. The van der Waals surface area contributed by atoms with Crippen molar-refractivity contribution in [2.24, 2.45) is 5.73 Å². The fraction of sp³-hybridized carbons (Fsp3) is 0.263. The molecule has 0 aliphatic carbocycles. The van der Waals surface area contributed by atoms with E-state index in [0.29, 0.717) is 29.0 Å². The summed E-state index contributed by atoms with van der Waals surface area (Å²) in [7, 11) is 0. The third kappa shape index (κ3) is 4.97. The molecule has 0 saturated heterocycles. The Morgan fingerprint density at radius 3 is 2.46 bits per heavy atom. The lowest BCUT2D eigenvalue weighted by Gasteiger charge is -2.09. The van der Waals surface area contributed by atoms with E-state index in [2.05, 4.69) is 20.4 Å². The van der Waals surface area contributed by atoms with Crippen molar-refractivity contribution in [3.8, 4) is 28.8 Å². The first-order chi connectivity index (χ1) is 13.4. The summed E-state index contributed by atoms with van der Waals surface area (Å²) in [6.07, 6.45) is 3.25. The first-order valence-corrected chi connectivity index (χ1v) is 8.70. The van der Waals surface area contributed by atoms with E-state index in [1.54, 1.807) is 49.6 Å². The predicted molar refractivity (Wildman–Crippen MR) is 101 cm³/mol. The fourth-order valence-electron chi connectivity index (χ4n) is 2.37. The number of ether oxygens (including phenoxy) is 2. The lowest BCUT2D eigenvalue weighted by molar-refractivity contribution is 0.232. The van der Waals surface area contributed by atoms with E-state index < -0.39 is 6.03 Å². The molecule has 9 nitrogen and oxygen atoms in total. The standard InChI is InChI=1S/C19H21N5O4/c1-11(2)26-17-7-5-14(10-22-17)27-18-6-4-13(9-21-18)15-8-16(28-24-15)12(3)23-19(20)25/h4-12H,1-3H3,(H3,20,23,25). The molecule has 9 heteroatoms. The largest absolute Gasteiger partial charge is 0.475 e. The molecule has 1 atom stereocenters. The van der Waals surface area contributed by atoms with E-state index >= 15 is 0 Å². The van der Waals surface area contributed by atoms with Gasteiger partial charge in [0.15, 0.2) is 5.76 Å². The van der Waals surface area contributed by atoms with E-state index in [-0.39, 0.29) is 12.1 Å². The number of hydrogen-bond donors (Lipinski definition) is 2. The normalized spacial score (nSPS) is 11.9. The molecule has 0 bridgehead atoms. The molecule has 0 radical (unpaired) electrons. The molecule has 3 aromatic heterocycles. The summed E-state index contributed by atoms with van der Waals surface area (Å²) in [4.78, 5) is 19.4. The average Bonchev–Trinajstić information content (AvgIpc) is 3.13. The summed E-state index contributed by atoms with van der Waals surface area (Å²) in [5.74, 6) is 1.98. The van der Waals surface area contributed by atoms with Crippen molar-refractivity contribution in [2.45, 2.75) is 32.9 Å². The van der Waals surface area contributed by atoms with Gasteiger partial charge in [0.1, 0.15) is 11.4 Å². The molecule has 3 N–H and O–H groups in total. The number of amides is 2. The predicted octanol–water partition coefficient (Wildman–Crippen LogP) is 3.44. The highest BCUT2D eigenvalue weighted by atomic mass is 16.5. The fourth-order valence-corrected chi connectivity index (χ4v) is 2.37. The SMILES string of the molecule is CC(C)Oc1ccc(Oc2ccc(-c3cc(C(C)NC(N)=O)on3)cn2)cn1. The summed E-state index contributed by atoms with van der Waals surface area (Å²) >= 11 is 0. The minimum Gasteiger partial charge on any atom is -0.475 e.